The number of amides is 1. The van der Waals surface area contributed by atoms with Crippen LogP contribution < -0.4 is 10.6 Å². The van der Waals surface area contributed by atoms with Crippen molar-refractivity contribution in [1.82, 2.24) is 15.6 Å². The fraction of sp³-hybridized carbons (Fsp3) is 0.714. The van der Waals surface area contributed by atoms with E-state index in [4.69, 9.17) is 0 Å². The van der Waals surface area contributed by atoms with Crippen molar-refractivity contribution < 1.29 is 4.79 Å². The standard InChI is InChI=1S/C14H23N3OS/c1-2-12(14-15-8-9-19-14)16-10-13(18)17-11-6-4-3-5-7-11/h8-9,11-12,16H,2-7,10H2,1H3,(H,17,18). The Bertz CT molecular complexity index is 374. The minimum atomic E-state index is 0.113. The second-order valence-corrected chi connectivity index (χ2v) is 6.04. The molecule has 0 saturated heterocycles. The molecule has 0 spiro atoms. The van der Waals surface area contributed by atoms with Gasteiger partial charge in [0, 0.05) is 17.6 Å². The van der Waals surface area contributed by atoms with E-state index < -0.39 is 0 Å². The Hall–Kier alpha value is -0.940. The van der Waals surface area contributed by atoms with Crippen LogP contribution >= 0.6 is 11.3 Å². The summed E-state index contributed by atoms with van der Waals surface area (Å²) in [5.74, 6) is 0.113. The van der Waals surface area contributed by atoms with Crippen molar-refractivity contribution in [3.8, 4) is 0 Å². The topological polar surface area (TPSA) is 54.0 Å². The van der Waals surface area contributed by atoms with Gasteiger partial charge in [-0.15, -0.1) is 11.3 Å². The lowest BCUT2D eigenvalue weighted by atomic mass is 9.95. The van der Waals surface area contributed by atoms with Gasteiger partial charge in [-0.2, -0.15) is 0 Å². The molecule has 0 aromatic carbocycles. The van der Waals surface area contributed by atoms with E-state index in [1.807, 2.05) is 11.6 Å². The minimum absolute atomic E-state index is 0.113. The largest absolute Gasteiger partial charge is 0.352 e. The number of aromatic nitrogens is 1. The molecular weight excluding hydrogens is 258 g/mol. The van der Waals surface area contributed by atoms with Gasteiger partial charge >= 0.3 is 0 Å². The average Bonchev–Trinajstić information content (AvgIpc) is 2.95. The van der Waals surface area contributed by atoms with E-state index in [9.17, 15) is 4.79 Å². The van der Waals surface area contributed by atoms with Crippen molar-refractivity contribution in [1.29, 1.82) is 0 Å². The first-order valence-electron chi connectivity index (χ1n) is 7.21. The molecule has 0 bridgehead atoms. The lowest BCUT2D eigenvalue weighted by Gasteiger charge is -2.23. The molecule has 1 aliphatic rings. The molecule has 1 amide bonds. The van der Waals surface area contributed by atoms with Gasteiger partial charge in [0.15, 0.2) is 0 Å². The molecule has 1 unspecified atom stereocenters. The van der Waals surface area contributed by atoms with E-state index in [2.05, 4.69) is 22.5 Å². The Kier molecular flexibility index (Phi) is 5.79. The first-order valence-corrected chi connectivity index (χ1v) is 8.09. The van der Waals surface area contributed by atoms with Crippen molar-refractivity contribution in [2.75, 3.05) is 6.54 Å². The Morgan fingerprint density at radius 3 is 2.89 bits per heavy atom. The quantitative estimate of drug-likeness (QED) is 0.843. The van der Waals surface area contributed by atoms with E-state index in [-0.39, 0.29) is 11.9 Å². The average molecular weight is 281 g/mol. The molecule has 2 rings (SSSR count). The third kappa shape index (κ3) is 4.58. The van der Waals surface area contributed by atoms with Gasteiger partial charge in [-0.25, -0.2) is 4.98 Å². The third-order valence-corrected chi connectivity index (χ3v) is 4.53. The molecule has 4 nitrogen and oxygen atoms in total. The summed E-state index contributed by atoms with van der Waals surface area (Å²) in [6.07, 6.45) is 8.83. The van der Waals surface area contributed by atoms with Crippen LogP contribution in [0.2, 0.25) is 0 Å². The maximum atomic E-state index is 11.9. The van der Waals surface area contributed by atoms with Crippen LogP contribution in [0.5, 0.6) is 0 Å². The van der Waals surface area contributed by atoms with E-state index >= 15 is 0 Å². The van der Waals surface area contributed by atoms with E-state index in [0.29, 0.717) is 12.6 Å². The van der Waals surface area contributed by atoms with Crippen LogP contribution in [0.4, 0.5) is 0 Å². The maximum absolute atomic E-state index is 11.9. The number of thiazole rings is 1. The van der Waals surface area contributed by atoms with Crippen LogP contribution in [0.1, 0.15) is 56.5 Å². The monoisotopic (exact) mass is 281 g/mol. The van der Waals surface area contributed by atoms with Crippen LogP contribution in [0.15, 0.2) is 11.6 Å². The van der Waals surface area contributed by atoms with Crippen LogP contribution in [-0.4, -0.2) is 23.5 Å². The second-order valence-electron chi connectivity index (χ2n) is 5.11. The van der Waals surface area contributed by atoms with Crippen LogP contribution in [0, 0.1) is 0 Å². The van der Waals surface area contributed by atoms with Gasteiger partial charge in [-0.05, 0) is 19.3 Å². The Labute approximate surface area is 119 Å². The molecule has 106 valence electrons. The summed E-state index contributed by atoms with van der Waals surface area (Å²) in [6.45, 7) is 2.49. The predicted octanol–water partition coefficient (Wildman–Crippen LogP) is 2.63. The fourth-order valence-corrected chi connectivity index (χ4v) is 3.35. The molecule has 0 radical (unpaired) electrons. The number of rotatable bonds is 6. The van der Waals surface area contributed by atoms with Gasteiger partial charge < -0.3 is 5.32 Å². The third-order valence-electron chi connectivity index (χ3n) is 3.64. The molecule has 1 aliphatic carbocycles. The SMILES string of the molecule is CCC(NCC(=O)NC1CCCCC1)c1nccs1. The summed E-state index contributed by atoms with van der Waals surface area (Å²) in [7, 11) is 0. The lowest BCUT2D eigenvalue weighted by molar-refractivity contribution is -0.121. The summed E-state index contributed by atoms with van der Waals surface area (Å²) in [6, 6.07) is 0.583. The fourth-order valence-electron chi connectivity index (χ4n) is 2.55. The zero-order chi connectivity index (χ0) is 13.5. The van der Waals surface area contributed by atoms with Gasteiger partial charge in [0.1, 0.15) is 5.01 Å². The number of carbonyl (C=O) groups excluding carboxylic acids is 1. The maximum Gasteiger partial charge on any atom is 0.234 e. The molecule has 1 heterocycles. The molecule has 2 N–H and O–H groups in total. The number of nitrogens with one attached hydrogen (secondary N) is 2. The van der Waals surface area contributed by atoms with Crippen molar-refractivity contribution in [3.63, 3.8) is 0 Å². The molecular formula is C14H23N3OS. The highest BCUT2D eigenvalue weighted by molar-refractivity contribution is 7.09. The molecule has 1 aromatic rings. The summed E-state index contributed by atoms with van der Waals surface area (Å²) >= 11 is 1.64. The number of hydrogen-bond acceptors (Lipinski definition) is 4. The van der Waals surface area contributed by atoms with Gasteiger partial charge in [0.05, 0.1) is 12.6 Å². The van der Waals surface area contributed by atoms with Crippen LogP contribution in [0.3, 0.4) is 0 Å². The smallest absolute Gasteiger partial charge is 0.234 e. The first-order chi connectivity index (χ1) is 9.29. The molecule has 0 aliphatic heterocycles. The summed E-state index contributed by atoms with van der Waals surface area (Å²) < 4.78 is 0. The van der Waals surface area contributed by atoms with E-state index in [1.165, 1.54) is 19.3 Å². The highest BCUT2D eigenvalue weighted by Crippen LogP contribution is 2.19. The summed E-state index contributed by atoms with van der Waals surface area (Å²) in [4.78, 5) is 16.2. The Morgan fingerprint density at radius 2 is 2.26 bits per heavy atom. The van der Waals surface area contributed by atoms with Gasteiger partial charge in [-0.1, -0.05) is 26.2 Å². The Balaban J connectivity index is 1.72. The normalized spacial score (nSPS) is 18.2. The lowest BCUT2D eigenvalue weighted by Crippen LogP contribution is -2.42. The highest BCUT2D eigenvalue weighted by Gasteiger charge is 2.17. The minimum Gasteiger partial charge on any atom is -0.352 e. The zero-order valence-electron chi connectivity index (χ0n) is 11.5. The molecule has 1 aromatic heterocycles. The van der Waals surface area contributed by atoms with E-state index in [0.717, 1.165) is 24.3 Å². The highest BCUT2D eigenvalue weighted by atomic mass is 32.1. The number of hydrogen-bond donors (Lipinski definition) is 2. The second kappa shape index (κ2) is 7.60. The van der Waals surface area contributed by atoms with Gasteiger partial charge in [0.2, 0.25) is 5.91 Å². The van der Waals surface area contributed by atoms with Crippen LogP contribution in [0.25, 0.3) is 0 Å². The van der Waals surface area contributed by atoms with Crippen molar-refractivity contribution in [2.45, 2.75) is 57.5 Å². The molecule has 5 heteroatoms. The van der Waals surface area contributed by atoms with Crippen LogP contribution in [-0.2, 0) is 4.79 Å². The summed E-state index contributed by atoms with van der Waals surface area (Å²) in [5, 5.41) is 9.46. The van der Waals surface area contributed by atoms with Crippen molar-refractivity contribution in [2.24, 2.45) is 0 Å². The zero-order valence-corrected chi connectivity index (χ0v) is 12.3. The van der Waals surface area contributed by atoms with E-state index in [1.54, 1.807) is 11.3 Å². The predicted molar refractivity (Wildman–Crippen MR) is 78.2 cm³/mol. The first kappa shape index (κ1) is 14.5. The molecule has 1 saturated carbocycles. The van der Waals surface area contributed by atoms with Gasteiger partial charge in [-0.3, -0.25) is 10.1 Å². The Morgan fingerprint density at radius 1 is 1.47 bits per heavy atom. The molecule has 1 fully saturated rings. The number of nitrogens with zero attached hydrogens (tertiary/aromatic N) is 1. The number of carbonyl (C=O) groups is 1. The van der Waals surface area contributed by atoms with Crippen molar-refractivity contribution >= 4 is 17.2 Å². The summed E-state index contributed by atoms with van der Waals surface area (Å²) in [5.41, 5.74) is 0. The van der Waals surface area contributed by atoms with Crippen molar-refractivity contribution in [3.05, 3.63) is 16.6 Å². The molecule has 19 heavy (non-hydrogen) atoms. The van der Waals surface area contributed by atoms with Gasteiger partial charge in [0.25, 0.3) is 0 Å². The molecule has 1 atom stereocenters.